The third-order valence-corrected chi connectivity index (χ3v) is 6.13. The molecule has 2 heterocycles. The van der Waals surface area contributed by atoms with Gasteiger partial charge in [-0.15, -0.1) is 0 Å². The van der Waals surface area contributed by atoms with E-state index in [1.54, 1.807) is 7.11 Å². The molecule has 0 fully saturated rings. The van der Waals surface area contributed by atoms with Gasteiger partial charge in [0, 0.05) is 22.7 Å². The molecule has 1 N–H and O–H groups in total. The standard InChI is InChI=1S/C25H27NO2/c1-15-14-25(2,3)26-18-13-12-17-22-19(27-4)10-7-11-20(22)28-24(23(17)21(15)18)16-8-5-6-9-16/h5,7-8,10-14,16,24,26H,6,9H2,1-4H3/t16-,24+/m1/s1. The molecule has 3 nitrogen and oxygen atoms in total. The zero-order chi connectivity index (χ0) is 19.5. The van der Waals surface area contributed by atoms with Gasteiger partial charge in [0.05, 0.1) is 18.2 Å². The molecular formula is C25H27NO2. The fraction of sp³-hybridized carbons (Fsp3) is 0.360. The van der Waals surface area contributed by atoms with E-state index in [2.05, 4.69) is 62.5 Å². The van der Waals surface area contributed by atoms with E-state index in [-0.39, 0.29) is 11.6 Å². The molecule has 0 radical (unpaired) electrons. The van der Waals surface area contributed by atoms with Crippen molar-refractivity contribution in [3.05, 3.63) is 59.7 Å². The van der Waals surface area contributed by atoms with Gasteiger partial charge in [0.1, 0.15) is 17.6 Å². The fourth-order valence-electron chi connectivity index (χ4n) is 5.11. The van der Waals surface area contributed by atoms with Gasteiger partial charge in [-0.3, -0.25) is 0 Å². The van der Waals surface area contributed by atoms with Crippen molar-refractivity contribution in [2.75, 3.05) is 12.4 Å². The Labute approximate surface area is 167 Å². The highest BCUT2D eigenvalue weighted by Gasteiger charge is 2.38. The first-order valence-corrected chi connectivity index (χ1v) is 10.1. The second-order valence-corrected chi connectivity index (χ2v) is 8.66. The predicted molar refractivity (Wildman–Crippen MR) is 115 cm³/mol. The van der Waals surface area contributed by atoms with Crippen molar-refractivity contribution >= 4 is 11.3 Å². The lowest BCUT2D eigenvalue weighted by Crippen LogP contribution is -2.33. The molecule has 2 aliphatic heterocycles. The van der Waals surface area contributed by atoms with Crippen molar-refractivity contribution in [2.24, 2.45) is 5.92 Å². The molecule has 0 saturated heterocycles. The molecule has 2 aromatic rings. The Morgan fingerprint density at radius 1 is 1.14 bits per heavy atom. The van der Waals surface area contributed by atoms with Crippen LogP contribution in [0.15, 0.2) is 48.6 Å². The Bertz CT molecular complexity index is 1020. The Morgan fingerprint density at radius 3 is 2.75 bits per heavy atom. The maximum atomic E-state index is 6.66. The normalized spacial score (nSPS) is 23.6. The van der Waals surface area contributed by atoms with Crippen LogP contribution in [0.25, 0.3) is 16.7 Å². The van der Waals surface area contributed by atoms with Crippen molar-refractivity contribution in [3.8, 4) is 22.6 Å². The number of nitrogens with one attached hydrogen (secondary N) is 1. The van der Waals surface area contributed by atoms with Crippen LogP contribution in [0.5, 0.6) is 11.5 Å². The third-order valence-electron chi connectivity index (χ3n) is 6.13. The molecule has 0 unspecified atom stereocenters. The second-order valence-electron chi connectivity index (χ2n) is 8.66. The van der Waals surface area contributed by atoms with E-state index >= 15 is 0 Å². The van der Waals surface area contributed by atoms with Gasteiger partial charge in [0.25, 0.3) is 0 Å². The van der Waals surface area contributed by atoms with Crippen LogP contribution in [0.4, 0.5) is 5.69 Å². The molecule has 2 aromatic carbocycles. The van der Waals surface area contributed by atoms with Crippen LogP contribution >= 0.6 is 0 Å². The zero-order valence-electron chi connectivity index (χ0n) is 17.0. The summed E-state index contributed by atoms with van der Waals surface area (Å²) < 4.78 is 12.4. The molecule has 1 aliphatic carbocycles. The highest BCUT2D eigenvalue weighted by molar-refractivity contribution is 5.91. The average molecular weight is 373 g/mol. The Kier molecular flexibility index (Phi) is 3.84. The summed E-state index contributed by atoms with van der Waals surface area (Å²) in [5, 5.41) is 3.70. The van der Waals surface area contributed by atoms with Crippen LogP contribution in [0.1, 0.15) is 50.8 Å². The van der Waals surface area contributed by atoms with E-state index < -0.39 is 0 Å². The summed E-state index contributed by atoms with van der Waals surface area (Å²) >= 11 is 0. The number of methoxy groups -OCH3 is 1. The number of fused-ring (bicyclic) bond motifs is 5. The molecule has 0 spiro atoms. The monoisotopic (exact) mass is 373 g/mol. The molecular weight excluding hydrogens is 346 g/mol. The first kappa shape index (κ1) is 17.4. The molecule has 3 heteroatoms. The lowest BCUT2D eigenvalue weighted by molar-refractivity contribution is 0.154. The van der Waals surface area contributed by atoms with E-state index in [0.29, 0.717) is 5.92 Å². The first-order valence-electron chi connectivity index (χ1n) is 10.1. The number of allylic oxidation sites excluding steroid dienone is 2. The molecule has 0 saturated carbocycles. The van der Waals surface area contributed by atoms with Gasteiger partial charge in [0.15, 0.2) is 0 Å². The van der Waals surface area contributed by atoms with Crippen LogP contribution in [-0.2, 0) is 0 Å². The number of hydrogen-bond donors (Lipinski definition) is 1. The minimum Gasteiger partial charge on any atom is -0.496 e. The molecule has 5 rings (SSSR count). The van der Waals surface area contributed by atoms with Gasteiger partial charge in [-0.25, -0.2) is 0 Å². The largest absolute Gasteiger partial charge is 0.496 e. The minimum atomic E-state index is -0.0564. The lowest BCUT2D eigenvalue weighted by Gasteiger charge is -2.38. The van der Waals surface area contributed by atoms with Crippen LogP contribution in [0.2, 0.25) is 0 Å². The summed E-state index contributed by atoms with van der Waals surface area (Å²) in [5.74, 6) is 2.18. The SMILES string of the molecule is COc1cccc2c1-c1ccc3c(c1[C@H]([C@@H]1C=CCC1)O2)C(C)=CC(C)(C)N3. The van der Waals surface area contributed by atoms with Crippen molar-refractivity contribution in [1.29, 1.82) is 0 Å². The van der Waals surface area contributed by atoms with Crippen molar-refractivity contribution in [1.82, 2.24) is 0 Å². The molecule has 144 valence electrons. The van der Waals surface area contributed by atoms with E-state index in [9.17, 15) is 0 Å². The number of hydrogen-bond acceptors (Lipinski definition) is 3. The summed E-state index contributed by atoms with van der Waals surface area (Å²) in [5.41, 5.74) is 7.33. The van der Waals surface area contributed by atoms with Crippen molar-refractivity contribution in [2.45, 2.75) is 45.3 Å². The summed E-state index contributed by atoms with van der Waals surface area (Å²) in [6.07, 6.45) is 9.23. The van der Waals surface area contributed by atoms with Crippen LogP contribution in [0, 0.1) is 5.92 Å². The smallest absolute Gasteiger partial charge is 0.131 e. The van der Waals surface area contributed by atoms with Gasteiger partial charge < -0.3 is 14.8 Å². The van der Waals surface area contributed by atoms with Crippen LogP contribution < -0.4 is 14.8 Å². The van der Waals surface area contributed by atoms with E-state index in [0.717, 1.165) is 29.9 Å². The summed E-state index contributed by atoms with van der Waals surface area (Å²) in [4.78, 5) is 0. The topological polar surface area (TPSA) is 30.5 Å². The Balaban J connectivity index is 1.80. The van der Waals surface area contributed by atoms with Crippen LogP contribution in [0.3, 0.4) is 0 Å². The second kappa shape index (κ2) is 6.16. The van der Waals surface area contributed by atoms with Gasteiger partial charge >= 0.3 is 0 Å². The fourth-order valence-corrected chi connectivity index (χ4v) is 5.11. The summed E-state index contributed by atoms with van der Waals surface area (Å²) in [6, 6.07) is 10.6. The van der Waals surface area contributed by atoms with E-state index in [1.165, 1.54) is 28.0 Å². The number of rotatable bonds is 2. The number of ether oxygens (including phenoxy) is 2. The molecule has 3 aliphatic rings. The number of benzene rings is 2. The Hall–Kier alpha value is -2.68. The first-order chi connectivity index (χ1) is 13.5. The maximum absolute atomic E-state index is 6.66. The molecule has 0 aromatic heterocycles. The molecule has 2 atom stereocenters. The third kappa shape index (κ3) is 2.56. The van der Waals surface area contributed by atoms with Gasteiger partial charge in [0.2, 0.25) is 0 Å². The quantitative estimate of drug-likeness (QED) is 0.621. The highest BCUT2D eigenvalue weighted by Crippen LogP contribution is 2.54. The van der Waals surface area contributed by atoms with Crippen molar-refractivity contribution < 1.29 is 9.47 Å². The van der Waals surface area contributed by atoms with Gasteiger partial charge in [-0.1, -0.05) is 30.4 Å². The summed E-state index contributed by atoms with van der Waals surface area (Å²) in [6.45, 7) is 6.65. The van der Waals surface area contributed by atoms with Crippen molar-refractivity contribution in [3.63, 3.8) is 0 Å². The highest BCUT2D eigenvalue weighted by atomic mass is 16.5. The zero-order valence-corrected chi connectivity index (χ0v) is 17.0. The average Bonchev–Trinajstić information content (AvgIpc) is 3.19. The Morgan fingerprint density at radius 2 is 2.00 bits per heavy atom. The summed E-state index contributed by atoms with van der Waals surface area (Å²) in [7, 11) is 1.73. The van der Waals surface area contributed by atoms with Gasteiger partial charge in [-0.05, 0) is 62.9 Å². The minimum absolute atomic E-state index is 0.0228. The van der Waals surface area contributed by atoms with E-state index in [1.807, 2.05) is 12.1 Å². The van der Waals surface area contributed by atoms with E-state index in [4.69, 9.17) is 9.47 Å². The lowest BCUT2D eigenvalue weighted by atomic mass is 9.79. The number of anilines is 1. The van der Waals surface area contributed by atoms with Crippen LogP contribution in [-0.4, -0.2) is 12.6 Å². The van der Waals surface area contributed by atoms with Gasteiger partial charge in [-0.2, -0.15) is 0 Å². The maximum Gasteiger partial charge on any atom is 0.131 e. The molecule has 0 bridgehead atoms. The molecule has 0 amide bonds. The predicted octanol–water partition coefficient (Wildman–Crippen LogP) is 6.37. The molecule has 28 heavy (non-hydrogen) atoms.